The third-order valence-electron chi connectivity index (χ3n) is 5.56. The van der Waals surface area contributed by atoms with Crippen LogP contribution in [-0.2, 0) is 0 Å². The van der Waals surface area contributed by atoms with Crippen LogP contribution in [0.5, 0.6) is 0 Å². The average molecular weight is 361 g/mol. The Labute approximate surface area is 158 Å². The average Bonchev–Trinajstić information content (AvgIpc) is 2.68. The molecule has 0 N–H and O–H groups in total. The zero-order chi connectivity index (χ0) is 18.2. The van der Waals surface area contributed by atoms with Gasteiger partial charge in [0.05, 0.1) is 11.7 Å². The molecule has 2 fully saturated rings. The van der Waals surface area contributed by atoms with Crippen molar-refractivity contribution in [2.24, 2.45) is 0 Å². The van der Waals surface area contributed by atoms with Crippen molar-refractivity contribution in [2.75, 3.05) is 49.1 Å². The van der Waals surface area contributed by atoms with E-state index in [1.54, 1.807) is 0 Å². The monoisotopic (exact) mass is 361 g/mol. The molecule has 0 aliphatic carbocycles. The first kappa shape index (κ1) is 16.4. The first-order valence-electron chi connectivity index (χ1n) is 9.51. The molecule has 3 aromatic heterocycles. The third-order valence-corrected chi connectivity index (χ3v) is 5.56. The summed E-state index contributed by atoms with van der Waals surface area (Å²) in [4.78, 5) is 25.2. The molecule has 5 rings (SSSR count). The lowest BCUT2D eigenvalue weighted by Crippen LogP contribution is -2.63. The minimum atomic E-state index is 0.600. The van der Waals surface area contributed by atoms with Crippen molar-refractivity contribution in [2.45, 2.75) is 13.0 Å². The molecule has 2 saturated heterocycles. The summed E-state index contributed by atoms with van der Waals surface area (Å²) in [6.07, 6.45) is 5.51. The lowest BCUT2D eigenvalue weighted by atomic mass is 10.0. The van der Waals surface area contributed by atoms with E-state index >= 15 is 0 Å². The maximum absolute atomic E-state index is 4.71. The summed E-state index contributed by atoms with van der Waals surface area (Å²) in [7, 11) is 0. The summed E-state index contributed by atoms with van der Waals surface area (Å²) in [6, 6.07) is 8.74. The van der Waals surface area contributed by atoms with Gasteiger partial charge in [-0.05, 0) is 25.1 Å². The van der Waals surface area contributed by atoms with Gasteiger partial charge >= 0.3 is 0 Å². The molecule has 138 valence electrons. The third kappa shape index (κ3) is 3.08. The highest BCUT2D eigenvalue weighted by atomic mass is 15.4. The number of hydrogen-bond acceptors (Lipinski definition) is 7. The molecule has 2 aliphatic rings. The zero-order valence-corrected chi connectivity index (χ0v) is 15.5. The molecule has 0 amide bonds. The summed E-state index contributed by atoms with van der Waals surface area (Å²) >= 11 is 0. The number of nitrogens with zero attached hydrogens (tertiary/aromatic N) is 7. The van der Waals surface area contributed by atoms with Gasteiger partial charge in [-0.25, -0.2) is 15.0 Å². The highest BCUT2D eigenvalue weighted by Crippen LogP contribution is 2.29. The van der Waals surface area contributed by atoms with E-state index in [9.17, 15) is 0 Å². The fourth-order valence-electron chi connectivity index (χ4n) is 4.03. The fourth-order valence-corrected chi connectivity index (χ4v) is 4.03. The van der Waals surface area contributed by atoms with Crippen molar-refractivity contribution >= 4 is 22.5 Å². The molecule has 0 radical (unpaired) electrons. The minimum Gasteiger partial charge on any atom is -0.354 e. The zero-order valence-electron chi connectivity index (χ0n) is 15.5. The number of fused-ring (bicyclic) bond motifs is 1. The molecular weight excluding hydrogens is 338 g/mol. The Hall–Kier alpha value is -2.80. The standard InChI is InChI=1S/C20H23N7/c1-15-23-18-12-21-7-5-17(18)20(24-15)27-13-16(14-27)25-8-10-26(11-9-25)19-4-2-3-6-22-19/h2-7,12,16H,8-11,13-14H2,1H3. The van der Waals surface area contributed by atoms with Crippen molar-refractivity contribution < 1.29 is 0 Å². The van der Waals surface area contributed by atoms with Gasteiger partial charge in [0.25, 0.3) is 0 Å². The maximum Gasteiger partial charge on any atom is 0.140 e. The molecule has 0 unspecified atom stereocenters. The quantitative estimate of drug-likeness (QED) is 0.704. The highest BCUT2D eigenvalue weighted by molar-refractivity contribution is 5.89. The van der Waals surface area contributed by atoms with E-state index < -0.39 is 0 Å². The predicted octanol–water partition coefficient (Wildman–Crippen LogP) is 1.74. The second-order valence-electron chi connectivity index (χ2n) is 7.26. The van der Waals surface area contributed by atoms with Crippen LogP contribution in [0.1, 0.15) is 5.82 Å². The Morgan fingerprint density at radius 1 is 0.926 bits per heavy atom. The van der Waals surface area contributed by atoms with Crippen LogP contribution < -0.4 is 9.80 Å². The summed E-state index contributed by atoms with van der Waals surface area (Å²) in [6.45, 7) is 8.24. The topological polar surface area (TPSA) is 61.3 Å². The molecule has 0 aromatic carbocycles. The van der Waals surface area contributed by atoms with Gasteiger partial charge in [0.15, 0.2) is 0 Å². The Morgan fingerprint density at radius 3 is 2.56 bits per heavy atom. The number of aromatic nitrogens is 4. The molecule has 7 nitrogen and oxygen atoms in total. The van der Waals surface area contributed by atoms with Gasteiger partial charge in [0.1, 0.15) is 17.5 Å². The molecule has 0 atom stereocenters. The van der Waals surface area contributed by atoms with E-state index in [-0.39, 0.29) is 0 Å². The molecular formula is C20H23N7. The molecule has 2 aliphatic heterocycles. The van der Waals surface area contributed by atoms with E-state index in [0.717, 1.165) is 67.6 Å². The molecule has 27 heavy (non-hydrogen) atoms. The summed E-state index contributed by atoms with van der Waals surface area (Å²) < 4.78 is 0. The van der Waals surface area contributed by atoms with Crippen molar-refractivity contribution in [3.63, 3.8) is 0 Å². The first-order valence-corrected chi connectivity index (χ1v) is 9.51. The Balaban J connectivity index is 1.23. The highest BCUT2D eigenvalue weighted by Gasteiger charge is 2.35. The van der Waals surface area contributed by atoms with E-state index in [1.807, 2.05) is 37.6 Å². The number of piperazine rings is 1. The minimum absolute atomic E-state index is 0.600. The molecule has 0 saturated carbocycles. The van der Waals surface area contributed by atoms with Gasteiger partial charge in [0.2, 0.25) is 0 Å². The number of aryl methyl sites for hydroxylation is 1. The molecule has 5 heterocycles. The number of pyridine rings is 2. The van der Waals surface area contributed by atoms with Gasteiger partial charge in [-0.2, -0.15) is 0 Å². The van der Waals surface area contributed by atoms with Crippen LogP contribution in [0.3, 0.4) is 0 Å². The van der Waals surface area contributed by atoms with Gasteiger partial charge < -0.3 is 9.80 Å². The van der Waals surface area contributed by atoms with Crippen LogP contribution in [0.4, 0.5) is 11.6 Å². The van der Waals surface area contributed by atoms with E-state index in [4.69, 9.17) is 4.98 Å². The number of anilines is 2. The molecule has 3 aromatic rings. The SMILES string of the molecule is Cc1nc(N2CC(N3CCN(c4ccccn4)CC3)C2)c2ccncc2n1. The van der Waals surface area contributed by atoms with Crippen LogP contribution in [-0.4, -0.2) is 70.1 Å². The predicted molar refractivity (Wildman–Crippen MR) is 106 cm³/mol. The fraction of sp³-hybridized carbons (Fsp3) is 0.400. The largest absolute Gasteiger partial charge is 0.354 e. The van der Waals surface area contributed by atoms with Gasteiger partial charge in [-0.3, -0.25) is 9.88 Å². The Bertz CT molecular complexity index is 931. The number of hydrogen-bond donors (Lipinski definition) is 0. The normalized spacial score (nSPS) is 18.7. The van der Waals surface area contributed by atoms with Crippen molar-refractivity contribution in [3.8, 4) is 0 Å². The van der Waals surface area contributed by atoms with Gasteiger partial charge in [-0.15, -0.1) is 0 Å². The van der Waals surface area contributed by atoms with Crippen LogP contribution in [0.15, 0.2) is 42.9 Å². The van der Waals surface area contributed by atoms with Crippen LogP contribution in [0.25, 0.3) is 10.9 Å². The van der Waals surface area contributed by atoms with Crippen LogP contribution >= 0.6 is 0 Å². The summed E-state index contributed by atoms with van der Waals surface area (Å²) in [5, 5.41) is 1.09. The summed E-state index contributed by atoms with van der Waals surface area (Å²) in [5.41, 5.74) is 0.924. The van der Waals surface area contributed by atoms with Gasteiger partial charge in [-0.1, -0.05) is 6.07 Å². The lowest BCUT2D eigenvalue weighted by Gasteiger charge is -2.49. The molecule has 0 bridgehead atoms. The van der Waals surface area contributed by atoms with Crippen LogP contribution in [0, 0.1) is 6.92 Å². The van der Waals surface area contributed by atoms with E-state index in [2.05, 4.69) is 41.8 Å². The van der Waals surface area contributed by atoms with Gasteiger partial charge in [0, 0.05) is 63.1 Å². The molecule has 7 heteroatoms. The first-order chi connectivity index (χ1) is 13.3. The van der Waals surface area contributed by atoms with E-state index in [0.29, 0.717) is 6.04 Å². The molecule has 0 spiro atoms. The maximum atomic E-state index is 4.71. The second kappa shape index (κ2) is 6.74. The lowest BCUT2D eigenvalue weighted by molar-refractivity contribution is 0.156. The Kier molecular flexibility index (Phi) is 4.09. The second-order valence-corrected chi connectivity index (χ2v) is 7.26. The Morgan fingerprint density at radius 2 is 1.78 bits per heavy atom. The van der Waals surface area contributed by atoms with E-state index in [1.165, 1.54) is 0 Å². The smallest absolute Gasteiger partial charge is 0.140 e. The van der Waals surface area contributed by atoms with Crippen LogP contribution in [0.2, 0.25) is 0 Å². The summed E-state index contributed by atoms with van der Waals surface area (Å²) in [5.74, 6) is 2.94. The van der Waals surface area contributed by atoms with Crippen molar-refractivity contribution in [3.05, 3.63) is 48.7 Å². The van der Waals surface area contributed by atoms with Crippen molar-refractivity contribution in [1.29, 1.82) is 0 Å². The van der Waals surface area contributed by atoms with Crippen molar-refractivity contribution in [1.82, 2.24) is 24.8 Å². The number of rotatable bonds is 3.